The van der Waals surface area contributed by atoms with Gasteiger partial charge in [-0.25, -0.2) is 8.78 Å². The molecule has 1 aliphatic heterocycles. The Balaban J connectivity index is 1.77. The number of nitrogens with zero attached hydrogens (tertiary/aromatic N) is 1. The van der Waals surface area contributed by atoms with Crippen molar-refractivity contribution in [3.8, 4) is 5.75 Å². The number of aliphatic hydroxyl groups is 2. The standard InChI is InChI=1S/C29H43F2NO3Si/c1-19(2)36(20(3)4,21(5)6)35-28-25(30)17-23(18-26(28)31)27(33)22(7)32-15-13-29(34,14-16-32)24-11-9-8-10-12-24/h8-12,17-22,27,33-34H,13-16H2,1-7H3/t22-,27+/m1/s1. The van der Waals surface area contributed by atoms with E-state index in [0.29, 0.717) is 25.9 Å². The minimum Gasteiger partial charge on any atom is -0.539 e. The predicted molar refractivity (Wildman–Crippen MR) is 144 cm³/mol. The second-order valence-electron chi connectivity index (χ2n) is 11.4. The van der Waals surface area contributed by atoms with E-state index in [2.05, 4.69) is 46.4 Å². The highest BCUT2D eigenvalue weighted by Crippen LogP contribution is 2.44. The Hall–Kier alpha value is -1.80. The molecule has 2 atom stereocenters. The smallest absolute Gasteiger partial charge is 0.259 e. The Kier molecular flexibility index (Phi) is 9.02. The zero-order valence-corrected chi connectivity index (χ0v) is 23.8. The predicted octanol–water partition coefficient (Wildman–Crippen LogP) is 6.92. The molecular weight excluding hydrogens is 476 g/mol. The molecule has 7 heteroatoms. The van der Waals surface area contributed by atoms with Crippen molar-refractivity contribution in [1.29, 1.82) is 0 Å². The molecule has 2 aromatic carbocycles. The molecule has 0 aromatic heterocycles. The molecule has 1 aliphatic rings. The van der Waals surface area contributed by atoms with Gasteiger partial charge in [-0.05, 0) is 59.6 Å². The summed E-state index contributed by atoms with van der Waals surface area (Å²) >= 11 is 0. The van der Waals surface area contributed by atoms with Crippen LogP contribution >= 0.6 is 0 Å². The molecule has 0 unspecified atom stereocenters. The average Bonchev–Trinajstić information content (AvgIpc) is 2.83. The molecule has 1 fully saturated rings. The lowest BCUT2D eigenvalue weighted by Crippen LogP contribution is -2.51. The molecule has 0 spiro atoms. The number of piperidine rings is 1. The van der Waals surface area contributed by atoms with Crippen LogP contribution in [0.3, 0.4) is 0 Å². The van der Waals surface area contributed by atoms with Crippen molar-refractivity contribution in [2.75, 3.05) is 13.1 Å². The molecule has 4 nitrogen and oxygen atoms in total. The van der Waals surface area contributed by atoms with Crippen LogP contribution in [0.1, 0.15) is 78.5 Å². The van der Waals surface area contributed by atoms with E-state index in [4.69, 9.17) is 4.43 Å². The summed E-state index contributed by atoms with van der Waals surface area (Å²) < 4.78 is 36.9. The Morgan fingerprint density at radius 3 is 1.78 bits per heavy atom. The van der Waals surface area contributed by atoms with Crippen LogP contribution in [0, 0.1) is 11.6 Å². The lowest BCUT2D eigenvalue weighted by atomic mass is 9.83. The van der Waals surface area contributed by atoms with Gasteiger partial charge in [0.2, 0.25) is 0 Å². The SMILES string of the molecule is CC(C)[Si](Oc1c(F)cc([C@@H](O)[C@@H](C)N2CCC(O)(c3ccccc3)CC2)cc1F)(C(C)C)C(C)C. The fourth-order valence-corrected chi connectivity index (χ4v) is 11.5. The topological polar surface area (TPSA) is 52.9 Å². The summed E-state index contributed by atoms with van der Waals surface area (Å²) in [5, 5.41) is 22.2. The molecular formula is C29H43F2NO3Si. The summed E-state index contributed by atoms with van der Waals surface area (Å²) in [6.45, 7) is 15.4. The molecule has 0 saturated carbocycles. The second-order valence-corrected chi connectivity index (χ2v) is 16.7. The monoisotopic (exact) mass is 519 g/mol. The summed E-state index contributed by atoms with van der Waals surface area (Å²) in [6.07, 6.45) is -0.0283. The van der Waals surface area contributed by atoms with Gasteiger partial charge < -0.3 is 14.6 Å². The first-order chi connectivity index (χ1) is 16.8. The van der Waals surface area contributed by atoms with Gasteiger partial charge in [0.15, 0.2) is 17.4 Å². The Morgan fingerprint density at radius 2 is 1.33 bits per heavy atom. The molecule has 1 saturated heterocycles. The number of hydrogen-bond donors (Lipinski definition) is 2. The van der Waals surface area contributed by atoms with E-state index in [1.54, 1.807) is 0 Å². The molecule has 36 heavy (non-hydrogen) atoms. The number of likely N-dealkylation sites (tertiary alicyclic amines) is 1. The van der Waals surface area contributed by atoms with Crippen molar-refractivity contribution in [1.82, 2.24) is 4.90 Å². The maximum absolute atomic E-state index is 15.3. The van der Waals surface area contributed by atoms with Gasteiger partial charge in [-0.3, -0.25) is 4.90 Å². The summed E-state index contributed by atoms with van der Waals surface area (Å²) in [4.78, 5) is 2.07. The molecule has 2 aromatic rings. The maximum Gasteiger partial charge on any atom is 0.259 e. The van der Waals surface area contributed by atoms with Crippen molar-refractivity contribution in [2.45, 2.75) is 95.7 Å². The quantitative estimate of drug-likeness (QED) is 0.353. The zero-order valence-electron chi connectivity index (χ0n) is 22.8. The van der Waals surface area contributed by atoms with Crippen LogP contribution in [-0.4, -0.2) is 42.6 Å². The van der Waals surface area contributed by atoms with Crippen molar-refractivity contribution in [2.24, 2.45) is 0 Å². The molecule has 1 heterocycles. The Bertz CT molecular complexity index is 962. The number of halogens is 2. The lowest BCUT2D eigenvalue weighted by Gasteiger charge is -2.43. The third-order valence-corrected chi connectivity index (χ3v) is 14.3. The highest BCUT2D eigenvalue weighted by Gasteiger charge is 2.48. The van der Waals surface area contributed by atoms with Crippen LogP contribution in [0.2, 0.25) is 16.6 Å². The first-order valence-corrected chi connectivity index (χ1v) is 15.4. The highest BCUT2D eigenvalue weighted by molar-refractivity contribution is 6.78. The van der Waals surface area contributed by atoms with Gasteiger partial charge in [0.1, 0.15) is 0 Å². The van der Waals surface area contributed by atoms with Crippen LogP contribution in [0.4, 0.5) is 8.78 Å². The van der Waals surface area contributed by atoms with E-state index in [0.717, 1.165) is 5.56 Å². The van der Waals surface area contributed by atoms with Gasteiger partial charge in [-0.2, -0.15) is 0 Å². The van der Waals surface area contributed by atoms with Crippen LogP contribution in [0.5, 0.6) is 5.75 Å². The third kappa shape index (κ3) is 5.54. The van der Waals surface area contributed by atoms with Crippen molar-refractivity contribution >= 4 is 8.32 Å². The molecule has 2 N–H and O–H groups in total. The van der Waals surface area contributed by atoms with Crippen molar-refractivity contribution in [3.05, 3.63) is 65.2 Å². The second kappa shape index (κ2) is 11.3. The van der Waals surface area contributed by atoms with Crippen LogP contribution in [0.15, 0.2) is 42.5 Å². The Labute approximate surface area is 216 Å². The molecule has 0 radical (unpaired) electrons. The molecule has 0 bridgehead atoms. The molecule has 0 amide bonds. The number of aliphatic hydroxyl groups excluding tert-OH is 1. The highest BCUT2D eigenvalue weighted by atomic mass is 28.4. The first kappa shape index (κ1) is 28.8. The number of benzene rings is 2. The van der Waals surface area contributed by atoms with Gasteiger partial charge in [0.05, 0.1) is 11.7 Å². The largest absolute Gasteiger partial charge is 0.539 e. The summed E-state index contributed by atoms with van der Waals surface area (Å²) in [5.74, 6) is -1.87. The fourth-order valence-electron chi connectivity index (χ4n) is 6.19. The van der Waals surface area contributed by atoms with E-state index >= 15 is 8.78 Å². The first-order valence-electron chi connectivity index (χ1n) is 13.2. The van der Waals surface area contributed by atoms with Crippen LogP contribution < -0.4 is 4.43 Å². The minimum atomic E-state index is -2.54. The lowest BCUT2D eigenvalue weighted by molar-refractivity contribution is -0.0502. The van der Waals surface area contributed by atoms with Gasteiger partial charge in [-0.15, -0.1) is 0 Å². The van der Waals surface area contributed by atoms with Gasteiger partial charge in [-0.1, -0.05) is 71.9 Å². The average molecular weight is 520 g/mol. The van der Waals surface area contributed by atoms with Crippen LogP contribution in [-0.2, 0) is 5.60 Å². The van der Waals surface area contributed by atoms with Gasteiger partial charge in [0.25, 0.3) is 8.32 Å². The zero-order chi connectivity index (χ0) is 26.8. The van der Waals surface area contributed by atoms with Crippen LogP contribution in [0.25, 0.3) is 0 Å². The van der Waals surface area contributed by atoms with E-state index in [1.165, 1.54) is 12.1 Å². The summed E-state index contributed by atoms with van der Waals surface area (Å²) in [6, 6.07) is 11.7. The minimum absolute atomic E-state index is 0.176. The van der Waals surface area contributed by atoms with Crippen molar-refractivity contribution < 1.29 is 23.4 Å². The number of rotatable bonds is 9. The number of hydrogen-bond acceptors (Lipinski definition) is 4. The maximum atomic E-state index is 15.3. The normalized spacial score (nSPS) is 18.6. The molecule has 0 aliphatic carbocycles. The summed E-state index contributed by atoms with van der Waals surface area (Å²) in [5.41, 5.74) is 0.709. The van der Waals surface area contributed by atoms with Gasteiger partial charge in [0, 0.05) is 19.1 Å². The fraction of sp³-hybridized carbons (Fsp3) is 0.586. The third-order valence-electron chi connectivity index (χ3n) is 8.32. The molecule has 200 valence electrons. The Morgan fingerprint density at radius 1 is 0.861 bits per heavy atom. The summed E-state index contributed by atoms with van der Waals surface area (Å²) in [7, 11) is -2.54. The van der Waals surface area contributed by atoms with E-state index in [9.17, 15) is 10.2 Å². The van der Waals surface area contributed by atoms with E-state index < -0.39 is 31.7 Å². The van der Waals surface area contributed by atoms with Crippen molar-refractivity contribution in [3.63, 3.8) is 0 Å². The van der Waals surface area contributed by atoms with Gasteiger partial charge >= 0.3 is 0 Å². The van der Waals surface area contributed by atoms with E-state index in [-0.39, 0.29) is 34.0 Å². The van der Waals surface area contributed by atoms with E-state index in [1.807, 2.05) is 37.3 Å². The molecule has 3 rings (SSSR count).